The summed E-state index contributed by atoms with van der Waals surface area (Å²) < 4.78 is 0. The van der Waals surface area contributed by atoms with Crippen molar-refractivity contribution in [2.24, 2.45) is 5.41 Å². The van der Waals surface area contributed by atoms with Gasteiger partial charge in [-0.05, 0) is 45.1 Å². The highest BCUT2D eigenvalue weighted by Gasteiger charge is 2.48. The first-order valence-corrected chi connectivity index (χ1v) is 8.82. The molecule has 0 aliphatic carbocycles. The molecule has 0 bridgehead atoms. The van der Waals surface area contributed by atoms with Gasteiger partial charge in [0.25, 0.3) is 0 Å². The summed E-state index contributed by atoms with van der Waals surface area (Å²) in [6.45, 7) is 14.1. The predicted molar refractivity (Wildman–Crippen MR) is 103 cm³/mol. The molecule has 0 radical (unpaired) electrons. The molecule has 0 aromatic rings. The number of aliphatic hydroxyl groups excluding tert-OH is 3. The molecule has 26 heavy (non-hydrogen) atoms. The van der Waals surface area contributed by atoms with Crippen molar-refractivity contribution in [2.45, 2.75) is 67.2 Å². The number of allylic oxidation sites excluding steroid dienone is 1. The summed E-state index contributed by atoms with van der Waals surface area (Å²) in [5.74, 6) is -2.76. The molecule has 0 aliphatic heterocycles. The van der Waals surface area contributed by atoms with Gasteiger partial charge in [0.05, 0.1) is 0 Å². The Kier molecular flexibility index (Phi) is 26.5. The smallest absolute Gasteiger partial charge is 0.325 e. The largest absolute Gasteiger partial charge is 0.480 e. The van der Waals surface area contributed by atoms with Crippen LogP contribution in [0, 0.1) is 5.41 Å². The standard InChI is InChI=1S/C10H14O4.3C3H8O/c1-5-10(7(4)11,9(13)14)8(12)6(2)3;3*1-2-3-4/h2,5H2,1,3-4H3,(H,13,14);3*4H,2-3H2,1H3. The lowest BCUT2D eigenvalue weighted by Gasteiger charge is -2.23. The van der Waals surface area contributed by atoms with Crippen LogP contribution in [-0.4, -0.2) is 57.8 Å². The number of carbonyl (C=O) groups excluding carboxylic acids is 2. The monoisotopic (exact) mass is 378 g/mol. The number of aliphatic hydroxyl groups is 3. The van der Waals surface area contributed by atoms with Crippen LogP contribution in [0.4, 0.5) is 0 Å². The minimum Gasteiger partial charge on any atom is -0.480 e. The number of hydrogen-bond donors (Lipinski definition) is 4. The zero-order chi connectivity index (χ0) is 21.8. The maximum Gasteiger partial charge on any atom is 0.325 e. The van der Waals surface area contributed by atoms with Gasteiger partial charge in [0.15, 0.2) is 17.0 Å². The number of aliphatic carboxylic acids is 1. The lowest BCUT2D eigenvalue weighted by Crippen LogP contribution is -2.45. The van der Waals surface area contributed by atoms with Crippen LogP contribution in [0.25, 0.3) is 0 Å². The number of Topliss-reactive ketones (excluding diaryl/α,β-unsaturated/α-hetero) is 2. The molecular formula is C19H38O7. The first-order valence-electron chi connectivity index (χ1n) is 8.82. The summed E-state index contributed by atoms with van der Waals surface area (Å²) in [4.78, 5) is 33.8. The highest BCUT2D eigenvalue weighted by atomic mass is 16.4. The molecule has 0 aliphatic rings. The second kappa shape index (κ2) is 21.5. The van der Waals surface area contributed by atoms with E-state index in [4.69, 9.17) is 20.4 Å². The van der Waals surface area contributed by atoms with E-state index in [0.29, 0.717) is 19.8 Å². The highest BCUT2D eigenvalue weighted by molar-refractivity contribution is 6.25. The van der Waals surface area contributed by atoms with E-state index in [9.17, 15) is 14.4 Å². The molecule has 7 heteroatoms. The number of rotatable bonds is 8. The van der Waals surface area contributed by atoms with Gasteiger partial charge in [-0.15, -0.1) is 0 Å². The number of ketones is 2. The molecule has 4 N–H and O–H groups in total. The Morgan fingerprint density at radius 3 is 1.12 bits per heavy atom. The van der Waals surface area contributed by atoms with Crippen LogP contribution in [0.2, 0.25) is 0 Å². The Bertz CT molecular complexity index is 360. The molecule has 7 nitrogen and oxygen atoms in total. The minimum atomic E-state index is -1.94. The molecule has 0 aromatic heterocycles. The molecule has 1 atom stereocenters. The first kappa shape index (κ1) is 32.1. The Morgan fingerprint density at radius 1 is 0.808 bits per heavy atom. The van der Waals surface area contributed by atoms with Crippen LogP contribution in [0.5, 0.6) is 0 Å². The van der Waals surface area contributed by atoms with Crippen molar-refractivity contribution in [2.75, 3.05) is 19.8 Å². The number of carboxylic acids is 1. The van der Waals surface area contributed by atoms with E-state index in [-0.39, 0.29) is 12.0 Å². The van der Waals surface area contributed by atoms with Gasteiger partial charge in [0.2, 0.25) is 0 Å². The van der Waals surface area contributed by atoms with E-state index >= 15 is 0 Å². The summed E-state index contributed by atoms with van der Waals surface area (Å²) >= 11 is 0. The fourth-order valence-corrected chi connectivity index (χ4v) is 1.33. The molecule has 0 amide bonds. The van der Waals surface area contributed by atoms with Crippen molar-refractivity contribution in [3.63, 3.8) is 0 Å². The summed E-state index contributed by atoms with van der Waals surface area (Å²) in [6.07, 6.45) is 2.57. The quantitative estimate of drug-likeness (QED) is 0.376. The second-order valence-electron chi connectivity index (χ2n) is 5.40. The molecule has 0 spiro atoms. The fourth-order valence-electron chi connectivity index (χ4n) is 1.33. The van der Waals surface area contributed by atoms with Gasteiger partial charge in [-0.25, -0.2) is 0 Å². The summed E-state index contributed by atoms with van der Waals surface area (Å²) in [6, 6.07) is 0. The van der Waals surface area contributed by atoms with Gasteiger partial charge in [0, 0.05) is 19.8 Å². The van der Waals surface area contributed by atoms with E-state index in [1.165, 1.54) is 13.8 Å². The van der Waals surface area contributed by atoms with Gasteiger partial charge in [-0.3, -0.25) is 14.4 Å². The molecule has 0 aromatic carbocycles. The van der Waals surface area contributed by atoms with Crippen LogP contribution in [0.15, 0.2) is 12.2 Å². The van der Waals surface area contributed by atoms with Crippen LogP contribution in [0.1, 0.15) is 67.2 Å². The van der Waals surface area contributed by atoms with Crippen molar-refractivity contribution in [3.05, 3.63) is 12.2 Å². The van der Waals surface area contributed by atoms with Crippen molar-refractivity contribution in [1.82, 2.24) is 0 Å². The maximum atomic E-state index is 11.6. The van der Waals surface area contributed by atoms with Gasteiger partial charge >= 0.3 is 5.97 Å². The Balaban J connectivity index is -0.000000164. The molecule has 0 saturated carbocycles. The summed E-state index contributed by atoms with van der Waals surface area (Å²) in [5.41, 5.74) is -1.85. The third kappa shape index (κ3) is 14.7. The summed E-state index contributed by atoms with van der Waals surface area (Å²) in [5, 5.41) is 32.6. The van der Waals surface area contributed by atoms with Gasteiger partial charge < -0.3 is 20.4 Å². The highest BCUT2D eigenvalue weighted by Crippen LogP contribution is 2.27. The molecule has 1 unspecified atom stereocenters. The van der Waals surface area contributed by atoms with Crippen molar-refractivity contribution in [1.29, 1.82) is 0 Å². The molecule has 156 valence electrons. The van der Waals surface area contributed by atoms with Gasteiger partial charge in [-0.2, -0.15) is 0 Å². The number of carboxylic acid groups (broad SMARTS) is 1. The second-order valence-corrected chi connectivity index (χ2v) is 5.40. The minimum absolute atomic E-state index is 0.0522. The predicted octanol–water partition coefficient (Wildman–Crippen LogP) is 2.37. The van der Waals surface area contributed by atoms with E-state index in [1.807, 2.05) is 20.8 Å². The molecular weight excluding hydrogens is 340 g/mol. The number of hydrogen-bond acceptors (Lipinski definition) is 6. The Hall–Kier alpha value is -1.57. The first-order chi connectivity index (χ1) is 12.0. The fraction of sp³-hybridized carbons (Fsp3) is 0.737. The molecule has 0 rings (SSSR count). The average molecular weight is 379 g/mol. The third-order valence-electron chi connectivity index (χ3n) is 2.94. The zero-order valence-corrected chi connectivity index (χ0v) is 17.2. The van der Waals surface area contributed by atoms with Crippen molar-refractivity contribution >= 4 is 17.5 Å². The number of carbonyl (C=O) groups is 3. The lowest BCUT2D eigenvalue weighted by molar-refractivity contribution is -0.158. The van der Waals surface area contributed by atoms with Crippen molar-refractivity contribution < 1.29 is 34.8 Å². The Morgan fingerprint density at radius 2 is 1.08 bits per heavy atom. The maximum absolute atomic E-state index is 11.6. The van der Waals surface area contributed by atoms with Gasteiger partial charge in [-0.1, -0.05) is 34.3 Å². The summed E-state index contributed by atoms with van der Waals surface area (Å²) in [7, 11) is 0. The Labute approximate surface area is 157 Å². The average Bonchev–Trinajstić information content (AvgIpc) is 2.62. The zero-order valence-electron chi connectivity index (χ0n) is 17.2. The van der Waals surface area contributed by atoms with Crippen LogP contribution in [0.3, 0.4) is 0 Å². The van der Waals surface area contributed by atoms with Crippen LogP contribution < -0.4 is 0 Å². The molecule has 0 fully saturated rings. The normalized spacial score (nSPS) is 11.1. The third-order valence-corrected chi connectivity index (χ3v) is 2.94. The SMILES string of the molecule is C=C(C)C(=O)C(CC)(C(C)=O)C(=O)O.CCCO.CCCO.CCCO. The van der Waals surface area contributed by atoms with E-state index in [2.05, 4.69) is 6.58 Å². The molecule has 0 heterocycles. The topological polar surface area (TPSA) is 132 Å². The van der Waals surface area contributed by atoms with Crippen LogP contribution in [-0.2, 0) is 14.4 Å². The van der Waals surface area contributed by atoms with Crippen LogP contribution >= 0.6 is 0 Å². The molecule has 0 saturated heterocycles. The van der Waals surface area contributed by atoms with Gasteiger partial charge in [0.1, 0.15) is 0 Å². The lowest BCUT2D eigenvalue weighted by atomic mass is 9.75. The van der Waals surface area contributed by atoms with E-state index in [1.54, 1.807) is 0 Å². The van der Waals surface area contributed by atoms with E-state index < -0.39 is 23.0 Å². The van der Waals surface area contributed by atoms with Crippen molar-refractivity contribution in [3.8, 4) is 0 Å². The van der Waals surface area contributed by atoms with E-state index in [0.717, 1.165) is 26.2 Å².